The van der Waals surface area contributed by atoms with Crippen LogP contribution in [0, 0.1) is 11.3 Å². The van der Waals surface area contributed by atoms with Gasteiger partial charge in [0.05, 0.1) is 33.7 Å². The molecule has 9 aromatic rings. The van der Waals surface area contributed by atoms with Gasteiger partial charge in [0.2, 0.25) is 0 Å². The van der Waals surface area contributed by atoms with E-state index in [0.717, 1.165) is 71.4 Å². The summed E-state index contributed by atoms with van der Waals surface area (Å²) < 4.78 is 0. The van der Waals surface area contributed by atoms with Crippen molar-refractivity contribution >= 4 is 43.6 Å². The average Bonchev–Trinajstić information content (AvgIpc) is 3.41. The third-order valence-electron chi connectivity index (χ3n) is 10.0. The second-order valence-electron chi connectivity index (χ2n) is 13.4. The summed E-state index contributed by atoms with van der Waals surface area (Å²) >= 11 is 0. The SMILES string of the molecule is CC1(C)c2cc(C#N)ccc2-c2ccc(-c3nc(-c4ccc5ccc6cccnc6c5n4)nc(-c4ccc5ccc6cccnc6c5n4)n3)cc21. The summed E-state index contributed by atoms with van der Waals surface area (Å²) in [5, 5.41) is 13.6. The largest absolute Gasteiger partial charge is 0.254 e. The smallest absolute Gasteiger partial charge is 0.182 e. The number of pyridine rings is 4. The van der Waals surface area contributed by atoms with Crippen molar-refractivity contribution in [3.05, 3.63) is 138 Å². The molecule has 10 rings (SSSR count). The standard InChI is InChI=1S/C43H26N8/c1-43(2)32-21-24(23-44)7-15-30(32)31-16-12-29(22-33(31)43)40-49-41(34-17-13-27-10-8-25-5-3-19-45-36(25)38(27)47-34)51-42(50-40)35-18-14-28-11-9-26-6-4-20-46-37(26)39(28)48-35/h3-22H,1-2H3. The molecule has 0 saturated carbocycles. The minimum absolute atomic E-state index is 0.325. The Hall–Kier alpha value is -6.98. The number of rotatable bonds is 3. The Bertz CT molecular complexity index is 2840. The van der Waals surface area contributed by atoms with Gasteiger partial charge in [0, 0.05) is 44.9 Å². The molecule has 4 aromatic carbocycles. The van der Waals surface area contributed by atoms with Gasteiger partial charge in [-0.05, 0) is 64.7 Å². The highest BCUT2D eigenvalue weighted by Crippen LogP contribution is 2.49. The molecule has 0 radical (unpaired) electrons. The van der Waals surface area contributed by atoms with Crippen molar-refractivity contribution in [2.45, 2.75) is 19.3 Å². The summed E-state index contributed by atoms with van der Waals surface area (Å²) in [6.07, 6.45) is 3.57. The molecule has 0 fully saturated rings. The Labute approximate surface area is 292 Å². The van der Waals surface area contributed by atoms with E-state index in [9.17, 15) is 5.26 Å². The first-order chi connectivity index (χ1) is 24.9. The molecule has 0 N–H and O–H groups in total. The predicted octanol–water partition coefficient (Wildman–Crippen LogP) is 9.24. The molecule has 238 valence electrons. The highest BCUT2D eigenvalue weighted by atomic mass is 15.1. The summed E-state index contributed by atoms with van der Waals surface area (Å²) in [7, 11) is 0. The molecular weight excluding hydrogens is 629 g/mol. The lowest BCUT2D eigenvalue weighted by atomic mass is 9.81. The summed E-state index contributed by atoms with van der Waals surface area (Å²) in [6.45, 7) is 4.39. The summed E-state index contributed by atoms with van der Waals surface area (Å²) in [5.74, 6) is 1.38. The van der Waals surface area contributed by atoms with Crippen LogP contribution in [-0.4, -0.2) is 34.9 Å². The molecule has 51 heavy (non-hydrogen) atoms. The van der Waals surface area contributed by atoms with Gasteiger partial charge < -0.3 is 0 Å². The second kappa shape index (κ2) is 10.8. The van der Waals surface area contributed by atoms with Crippen LogP contribution in [0.3, 0.4) is 0 Å². The Morgan fingerprint density at radius 3 is 1.55 bits per heavy atom. The Morgan fingerprint density at radius 1 is 0.490 bits per heavy atom. The topological polar surface area (TPSA) is 114 Å². The minimum Gasteiger partial charge on any atom is -0.254 e. The molecule has 0 saturated heterocycles. The zero-order valence-electron chi connectivity index (χ0n) is 27.6. The van der Waals surface area contributed by atoms with E-state index in [-0.39, 0.29) is 5.41 Å². The number of aromatic nitrogens is 7. The van der Waals surface area contributed by atoms with E-state index in [4.69, 9.17) is 24.9 Å². The molecule has 0 aliphatic heterocycles. The van der Waals surface area contributed by atoms with Crippen molar-refractivity contribution in [2.75, 3.05) is 0 Å². The Balaban J connectivity index is 1.19. The van der Waals surface area contributed by atoms with Crippen molar-refractivity contribution in [1.29, 1.82) is 5.26 Å². The van der Waals surface area contributed by atoms with Gasteiger partial charge in [-0.1, -0.05) is 80.6 Å². The van der Waals surface area contributed by atoms with Crippen LogP contribution in [0.2, 0.25) is 0 Å². The molecule has 0 spiro atoms. The van der Waals surface area contributed by atoms with Crippen LogP contribution in [0.1, 0.15) is 30.5 Å². The molecule has 0 amide bonds. The second-order valence-corrected chi connectivity index (χ2v) is 13.4. The van der Waals surface area contributed by atoms with Crippen LogP contribution < -0.4 is 0 Å². The van der Waals surface area contributed by atoms with Gasteiger partial charge >= 0.3 is 0 Å². The minimum atomic E-state index is -0.325. The van der Waals surface area contributed by atoms with Gasteiger partial charge in [-0.25, -0.2) is 24.9 Å². The zero-order valence-corrected chi connectivity index (χ0v) is 27.6. The summed E-state index contributed by atoms with van der Waals surface area (Å²) in [6, 6.07) is 38.7. The maximum atomic E-state index is 9.62. The number of nitrogens with zero attached hydrogens (tertiary/aromatic N) is 8. The fourth-order valence-corrected chi connectivity index (χ4v) is 7.38. The highest BCUT2D eigenvalue weighted by molar-refractivity contribution is 6.04. The lowest BCUT2D eigenvalue weighted by molar-refractivity contribution is 0.660. The molecule has 5 heterocycles. The van der Waals surface area contributed by atoms with Gasteiger partial charge in [0.15, 0.2) is 17.5 Å². The number of nitriles is 1. The number of benzene rings is 4. The zero-order chi connectivity index (χ0) is 34.3. The van der Waals surface area contributed by atoms with Crippen LogP contribution in [0.25, 0.3) is 89.2 Å². The van der Waals surface area contributed by atoms with E-state index in [0.29, 0.717) is 34.4 Å². The maximum absolute atomic E-state index is 9.62. The highest BCUT2D eigenvalue weighted by Gasteiger charge is 2.36. The van der Waals surface area contributed by atoms with Gasteiger partial charge in [-0.2, -0.15) is 5.26 Å². The Morgan fingerprint density at radius 2 is 0.980 bits per heavy atom. The van der Waals surface area contributed by atoms with Crippen LogP contribution in [0.4, 0.5) is 0 Å². The van der Waals surface area contributed by atoms with Crippen molar-refractivity contribution < 1.29 is 0 Å². The van der Waals surface area contributed by atoms with Crippen LogP contribution in [0.5, 0.6) is 0 Å². The van der Waals surface area contributed by atoms with Crippen molar-refractivity contribution in [3.63, 3.8) is 0 Å². The molecule has 5 aromatic heterocycles. The molecule has 0 unspecified atom stereocenters. The van der Waals surface area contributed by atoms with E-state index >= 15 is 0 Å². The van der Waals surface area contributed by atoms with Crippen molar-refractivity contribution in [3.8, 4) is 51.6 Å². The van der Waals surface area contributed by atoms with E-state index in [1.165, 1.54) is 0 Å². The lowest BCUT2D eigenvalue weighted by Gasteiger charge is -2.22. The van der Waals surface area contributed by atoms with Gasteiger partial charge in [0.1, 0.15) is 11.4 Å². The van der Waals surface area contributed by atoms with Crippen LogP contribution in [0.15, 0.2) is 122 Å². The molecule has 8 heteroatoms. The Kier molecular flexibility index (Phi) is 6.11. The quantitative estimate of drug-likeness (QED) is 0.173. The first-order valence-electron chi connectivity index (χ1n) is 16.7. The van der Waals surface area contributed by atoms with E-state index < -0.39 is 0 Å². The third kappa shape index (κ3) is 4.49. The predicted molar refractivity (Wildman–Crippen MR) is 200 cm³/mol. The molecular formula is C43H26N8. The number of fused-ring (bicyclic) bond motifs is 9. The van der Waals surface area contributed by atoms with E-state index in [1.54, 1.807) is 12.4 Å². The summed E-state index contributed by atoms with van der Waals surface area (Å²) in [4.78, 5) is 34.6. The summed E-state index contributed by atoms with van der Waals surface area (Å²) in [5.41, 5.74) is 10.2. The number of hydrogen-bond donors (Lipinski definition) is 0. The molecule has 0 atom stereocenters. The molecule has 8 nitrogen and oxygen atoms in total. The molecule has 0 bridgehead atoms. The first-order valence-corrected chi connectivity index (χ1v) is 16.7. The molecule has 1 aliphatic carbocycles. The van der Waals surface area contributed by atoms with Gasteiger partial charge in [-0.15, -0.1) is 0 Å². The third-order valence-corrected chi connectivity index (χ3v) is 10.0. The van der Waals surface area contributed by atoms with Crippen LogP contribution in [-0.2, 0) is 5.41 Å². The fourth-order valence-electron chi connectivity index (χ4n) is 7.38. The molecule has 1 aliphatic rings. The fraction of sp³-hybridized carbons (Fsp3) is 0.0698. The van der Waals surface area contributed by atoms with Crippen molar-refractivity contribution in [2.24, 2.45) is 0 Å². The normalized spacial score (nSPS) is 13.0. The van der Waals surface area contributed by atoms with Crippen molar-refractivity contribution in [1.82, 2.24) is 34.9 Å². The lowest BCUT2D eigenvalue weighted by Crippen LogP contribution is -2.15. The first kappa shape index (κ1) is 29.0. The van der Waals surface area contributed by atoms with Gasteiger partial charge in [-0.3, -0.25) is 9.97 Å². The van der Waals surface area contributed by atoms with E-state index in [2.05, 4.69) is 72.3 Å². The maximum Gasteiger partial charge on any atom is 0.182 e. The van der Waals surface area contributed by atoms with E-state index in [1.807, 2.05) is 66.7 Å². The monoisotopic (exact) mass is 654 g/mol. The van der Waals surface area contributed by atoms with Crippen LogP contribution >= 0.6 is 0 Å². The average molecular weight is 655 g/mol. The van der Waals surface area contributed by atoms with Gasteiger partial charge in [0.25, 0.3) is 0 Å². The number of hydrogen-bond acceptors (Lipinski definition) is 8.